The van der Waals surface area contributed by atoms with Crippen LogP contribution in [0.5, 0.6) is 34.5 Å². The van der Waals surface area contributed by atoms with Crippen molar-refractivity contribution >= 4 is 17.3 Å². The number of hydrogen-bond acceptors (Lipinski definition) is 8. The maximum atomic E-state index is 13.2. The molecule has 178 valence electrons. The van der Waals surface area contributed by atoms with Crippen molar-refractivity contribution in [3.63, 3.8) is 0 Å². The van der Waals surface area contributed by atoms with Crippen LogP contribution < -0.4 is 29.0 Å². The third-order valence-electron chi connectivity index (χ3n) is 4.73. The van der Waals surface area contributed by atoms with E-state index >= 15 is 0 Å². The molecule has 3 aromatic carbocycles. The first-order valence-corrected chi connectivity index (χ1v) is 10.2. The molecule has 0 aromatic heterocycles. The fourth-order valence-corrected chi connectivity index (χ4v) is 3.24. The molecule has 3 aromatic rings. The Labute approximate surface area is 196 Å². The second-order valence-electron chi connectivity index (χ2n) is 6.76. The number of carbonyl (C=O) groups is 1. The lowest BCUT2D eigenvalue weighted by atomic mass is 10.1. The Morgan fingerprint density at radius 3 is 2.15 bits per heavy atom. The van der Waals surface area contributed by atoms with Gasteiger partial charge in [0.15, 0.2) is 11.5 Å². The van der Waals surface area contributed by atoms with Crippen LogP contribution in [0.3, 0.4) is 0 Å². The summed E-state index contributed by atoms with van der Waals surface area (Å²) >= 11 is 0. The molecule has 0 atom stereocenters. The largest absolute Gasteiger partial charge is 0.494 e. The van der Waals surface area contributed by atoms with Crippen molar-refractivity contribution in [3.05, 3.63) is 70.3 Å². The third kappa shape index (κ3) is 5.12. The van der Waals surface area contributed by atoms with Crippen molar-refractivity contribution in [2.24, 2.45) is 0 Å². The molecule has 0 fully saturated rings. The number of carbonyl (C=O) groups excluding carboxylic acids is 1. The Morgan fingerprint density at radius 2 is 1.56 bits per heavy atom. The van der Waals surface area contributed by atoms with E-state index in [4.69, 9.17) is 23.7 Å². The summed E-state index contributed by atoms with van der Waals surface area (Å²) in [4.78, 5) is 24.3. The summed E-state index contributed by atoms with van der Waals surface area (Å²) in [6, 6.07) is 14.9. The van der Waals surface area contributed by atoms with E-state index in [0.29, 0.717) is 29.5 Å². The maximum absolute atomic E-state index is 13.2. The highest BCUT2D eigenvalue weighted by Crippen LogP contribution is 2.46. The summed E-state index contributed by atoms with van der Waals surface area (Å²) < 4.78 is 27.0. The highest BCUT2D eigenvalue weighted by Gasteiger charge is 2.32. The fraction of sp³-hybridized carbons (Fsp3) is 0.208. The number of rotatable bonds is 10. The van der Waals surface area contributed by atoms with Gasteiger partial charge in [-0.1, -0.05) is 12.1 Å². The first-order chi connectivity index (χ1) is 16.4. The standard InChI is InChI=1S/C24H24N2O8/c1-5-33-15-10-12-16(13-11-15)34-19-9-7-6-8-18(19)25-24(27)17-14-20(30-2)22(31-3)23(32-4)21(17)26(28)29/h6-14H,5H2,1-4H3,(H,25,27). The number of nitrogens with zero attached hydrogens (tertiary/aromatic N) is 1. The van der Waals surface area contributed by atoms with Crippen LogP contribution >= 0.6 is 0 Å². The van der Waals surface area contributed by atoms with E-state index in [2.05, 4.69) is 5.32 Å². The Bertz CT molecular complexity index is 1180. The molecule has 0 spiro atoms. The van der Waals surface area contributed by atoms with Crippen molar-refractivity contribution in [1.82, 2.24) is 0 Å². The zero-order chi connectivity index (χ0) is 24.7. The molecule has 0 bridgehead atoms. The predicted octanol–water partition coefficient (Wildman–Crippen LogP) is 5.06. The number of para-hydroxylation sites is 2. The van der Waals surface area contributed by atoms with Crippen molar-refractivity contribution < 1.29 is 33.4 Å². The lowest BCUT2D eigenvalue weighted by molar-refractivity contribution is -0.386. The Morgan fingerprint density at radius 1 is 0.912 bits per heavy atom. The molecule has 10 heteroatoms. The zero-order valence-electron chi connectivity index (χ0n) is 19.1. The highest BCUT2D eigenvalue weighted by atomic mass is 16.6. The number of ether oxygens (including phenoxy) is 5. The number of nitro groups is 1. The van der Waals surface area contributed by atoms with Crippen LogP contribution in [0.4, 0.5) is 11.4 Å². The number of hydrogen-bond donors (Lipinski definition) is 1. The average Bonchev–Trinajstić information content (AvgIpc) is 2.84. The molecular formula is C24H24N2O8. The second-order valence-corrected chi connectivity index (χ2v) is 6.76. The van der Waals surface area contributed by atoms with Gasteiger partial charge in [-0.25, -0.2) is 0 Å². The van der Waals surface area contributed by atoms with Crippen LogP contribution in [0.1, 0.15) is 17.3 Å². The van der Waals surface area contributed by atoms with Crippen LogP contribution in [-0.2, 0) is 0 Å². The Kier molecular flexibility index (Phi) is 7.75. The normalized spacial score (nSPS) is 10.2. The minimum absolute atomic E-state index is 0.00693. The summed E-state index contributed by atoms with van der Waals surface area (Å²) in [6.45, 7) is 2.43. The van der Waals surface area contributed by atoms with Gasteiger partial charge in [0.1, 0.15) is 17.1 Å². The fourth-order valence-electron chi connectivity index (χ4n) is 3.24. The summed E-state index contributed by atoms with van der Waals surface area (Å²) in [6.07, 6.45) is 0. The van der Waals surface area contributed by atoms with Gasteiger partial charge in [-0.05, 0) is 43.3 Å². The van der Waals surface area contributed by atoms with E-state index in [1.807, 2.05) is 6.92 Å². The molecule has 0 aliphatic rings. The predicted molar refractivity (Wildman–Crippen MR) is 125 cm³/mol. The first-order valence-electron chi connectivity index (χ1n) is 10.2. The smallest absolute Gasteiger partial charge is 0.327 e. The van der Waals surface area contributed by atoms with Crippen molar-refractivity contribution in [2.45, 2.75) is 6.92 Å². The SMILES string of the molecule is CCOc1ccc(Oc2ccccc2NC(=O)c2cc(OC)c(OC)c(OC)c2[N+](=O)[O-])cc1. The maximum Gasteiger partial charge on any atom is 0.327 e. The van der Waals surface area contributed by atoms with Gasteiger partial charge in [-0.3, -0.25) is 14.9 Å². The number of nitrogens with one attached hydrogen (secondary N) is 1. The Hall–Kier alpha value is -4.47. The first kappa shape index (κ1) is 24.2. The van der Waals surface area contributed by atoms with Crippen LogP contribution in [0.15, 0.2) is 54.6 Å². The molecule has 1 amide bonds. The molecule has 3 rings (SSSR count). The van der Waals surface area contributed by atoms with Gasteiger partial charge in [-0.15, -0.1) is 0 Å². The quantitative estimate of drug-likeness (QED) is 0.324. The van der Waals surface area contributed by atoms with Crippen molar-refractivity contribution in [3.8, 4) is 34.5 Å². The topological polar surface area (TPSA) is 118 Å². The molecule has 34 heavy (non-hydrogen) atoms. The molecule has 0 saturated heterocycles. The molecule has 0 unspecified atom stereocenters. The van der Waals surface area contributed by atoms with Gasteiger partial charge in [0.25, 0.3) is 5.91 Å². The van der Waals surface area contributed by atoms with Crippen LogP contribution in [-0.4, -0.2) is 38.8 Å². The number of amides is 1. The van der Waals surface area contributed by atoms with Gasteiger partial charge < -0.3 is 29.0 Å². The number of nitro benzene ring substituents is 1. The van der Waals surface area contributed by atoms with E-state index in [1.165, 1.54) is 27.4 Å². The lowest BCUT2D eigenvalue weighted by Crippen LogP contribution is -2.16. The van der Waals surface area contributed by atoms with Crippen molar-refractivity contribution in [2.75, 3.05) is 33.3 Å². The summed E-state index contributed by atoms with van der Waals surface area (Å²) in [5, 5.41) is 14.5. The number of benzene rings is 3. The molecule has 0 heterocycles. The second kappa shape index (κ2) is 10.9. The molecule has 1 N–H and O–H groups in total. The molecular weight excluding hydrogens is 444 g/mol. The van der Waals surface area contributed by atoms with E-state index < -0.39 is 16.5 Å². The number of methoxy groups -OCH3 is 3. The minimum Gasteiger partial charge on any atom is -0.494 e. The van der Waals surface area contributed by atoms with Gasteiger partial charge in [0.05, 0.1) is 38.5 Å². The minimum atomic E-state index is -0.756. The zero-order valence-corrected chi connectivity index (χ0v) is 19.1. The van der Waals surface area contributed by atoms with Crippen LogP contribution in [0.25, 0.3) is 0 Å². The Balaban J connectivity index is 1.95. The summed E-state index contributed by atoms with van der Waals surface area (Å²) in [5.74, 6) is 0.691. The average molecular weight is 468 g/mol. The van der Waals surface area contributed by atoms with Gasteiger partial charge >= 0.3 is 5.69 Å². The summed E-state index contributed by atoms with van der Waals surface area (Å²) in [5.41, 5.74) is -0.512. The van der Waals surface area contributed by atoms with E-state index in [1.54, 1.807) is 48.5 Å². The van der Waals surface area contributed by atoms with Crippen LogP contribution in [0.2, 0.25) is 0 Å². The van der Waals surface area contributed by atoms with Gasteiger partial charge in [0, 0.05) is 6.07 Å². The number of anilines is 1. The van der Waals surface area contributed by atoms with Crippen molar-refractivity contribution in [1.29, 1.82) is 0 Å². The monoisotopic (exact) mass is 468 g/mol. The highest BCUT2D eigenvalue weighted by molar-refractivity contribution is 6.09. The third-order valence-corrected chi connectivity index (χ3v) is 4.73. The van der Waals surface area contributed by atoms with Gasteiger partial charge in [-0.2, -0.15) is 0 Å². The van der Waals surface area contributed by atoms with E-state index in [9.17, 15) is 14.9 Å². The van der Waals surface area contributed by atoms with Crippen LogP contribution in [0, 0.1) is 10.1 Å². The lowest BCUT2D eigenvalue weighted by Gasteiger charge is -2.16. The summed E-state index contributed by atoms with van der Waals surface area (Å²) in [7, 11) is 3.91. The molecule has 10 nitrogen and oxygen atoms in total. The molecule has 0 aliphatic heterocycles. The van der Waals surface area contributed by atoms with Gasteiger partial charge in [0.2, 0.25) is 11.5 Å². The van der Waals surface area contributed by atoms with E-state index in [0.717, 1.165) is 0 Å². The molecule has 0 aliphatic carbocycles. The molecule has 0 saturated carbocycles. The molecule has 0 radical (unpaired) electrons. The van der Waals surface area contributed by atoms with E-state index in [-0.39, 0.29) is 22.8 Å².